The number of benzene rings is 2. The molecule has 2 N–H and O–H groups in total. The van der Waals surface area contributed by atoms with E-state index in [1.807, 2.05) is 68.4 Å². The van der Waals surface area contributed by atoms with Crippen LogP contribution in [-0.2, 0) is 11.3 Å². The minimum Gasteiger partial charge on any atom is -0.360 e. The van der Waals surface area contributed by atoms with Crippen molar-refractivity contribution in [2.24, 2.45) is 0 Å². The van der Waals surface area contributed by atoms with Gasteiger partial charge in [-0.2, -0.15) is 0 Å². The molecule has 0 fully saturated rings. The van der Waals surface area contributed by atoms with Crippen molar-refractivity contribution in [2.45, 2.75) is 33.2 Å². The van der Waals surface area contributed by atoms with Crippen LogP contribution in [0.4, 0.5) is 5.13 Å². The van der Waals surface area contributed by atoms with Gasteiger partial charge < -0.3 is 10.6 Å². The molecule has 1 aromatic heterocycles. The molecule has 0 aliphatic rings. The van der Waals surface area contributed by atoms with Gasteiger partial charge in [-0.15, -0.1) is 11.3 Å². The van der Waals surface area contributed by atoms with E-state index in [2.05, 4.69) is 22.5 Å². The largest absolute Gasteiger partial charge is 0.360 e. The lowest BCUT2D eigenvalue weighted by atomic mass is 9.94. The van der Waals surface area contributed by atoms with Crippen LogP contribution in [0, 0.1) is 20.8 Å². The zero-order chi connectivity index (χ0) is 19.2. The van der Waals surface area contributed by atoms with Crippen LogP contribution in [0.3, 0.4) is 0 Å². The van der Waals surface area contributed by atoms with Crippen molar-refractivity contribution < 1.29 is 4.79 Å². The molecule has 5 heteroatoms. The quantitative estimate of drug-likeness (QED) is 0.632. The maximum atomic E-state index is 13.0. The zero-order valence-electron chi connectivity index (χ0n) is 16.0. The average Bonchev–Trinajstić information content (AvgIpc) is 3.00. The number of hydrogen-bond acceptors (Lipinski definition) is 4. The van der Waals surface area contributed by atoms with Crippen molar-refractivity contribution >= 4 is 22.4 Å². The molecule has 27 heavy (non-hydrogen) atoms. The van der Waals surface area contributed by atoms with Crippen LogP contribution in [0.5, 0.6) is 0 Å². The summed E-state index contributed by atoms with van der Waals surface area (Å²) in [6, 6.07) is 18.0. The summed E-state index contributed by atoms with van der Waals surface area (Å²) in [6.45, 7) is 7.14. The molecule has 0 spiro atoms. The van der Waals surface area contributed by atoms with Gasteiger partial charge >= 0.3 is 0 Å². The summed E-state index contributed by atoms with van der Waals surface area (Å²) in [6.07, 6.45) is 0. The first-order valence-electron chi connectivity index (χ1n) is 9.09. The number of hydrogen-bond donors (Lipinski definition) is 2. The number of aromatic nitrogens is 1. The lowest BCUT2D eigenvalue weighted by molar-refractivity contribution is -0.122. The second kappa shape index (κ2) is 8.82. The molecule has 2 aromatic carbocycles. The Morgan fingerprint density at radius 1 is 1.04 bits per heavy atom. The highest BCUT2D eigenvalue weighted by Crippen LogP contribution is 2.24. The van der Waals surface area contributed by atoms with Crippen molar-refractivity contribution in [2.75, 3.05) is 11.9 Å². The predicted molar refractivity (Wildman–Crippen MR) is 112 cm³/mol. The summed E-state index contributed by atoms with van der Waals surface area (Å²) in [7, 11) is 0. The zero-order valence-corrected chi connectivity index (χ0v) is 16.8. The molecule has 0 saturated carbocycles. The van der Waals surface area contributed by atoms with E-state index in [1.54, 1.807) is 11.3 Å². The molecule has 0 aliphatic carbocycles. The minimum absolute atomic E-state index is 0.0191. The van der Waals surface area contributed by atoms with E-state index >= 15 is 0 Å². The van der Waals surface area contributed by atoms with Crippen LogP contribution < -0.4 is 10.6 Å². The van der Waals surface area contributed by atoms with Gasteiger partial charge in [0.2, 0.25) is 5.91 Å². The average molecular weight is 380 g/mol. The Labute approximate surface area is 164 Å². The van der Waals surface area contributed by atoms with Gasteiger partial charge in [0.15, 0.2) is 5.13 Å². The number of amides is 1. The van der Waals surface area contributed by atoms with Gasteiger partial charge in [0.05, 0.1) is 11.6 Å². The van der Waals surface area contributed by atoms with E-state index in [0.717, 1.165) is 27.5 Å². The summed E-state index contributed by atoms with van der Waals surface area (Å²) in [5.41, 5.74) is 4.28. The van der Waals surface area contributed by atoms with Gasteiger partial charge in [-0.05, 0) is 37.5 Å². The van der Waals surface area contributed by atoms with Crippen molar-refractivity contribution in [3.05, 3.63) is 81.9 Å². The molecule has 1 heterocycles. The van der Waals surface area contributed by atoms with Crippen molar-refractivity contribution in [1.29, 1.82) is 0 Å². The van der Waals surface area contributed by atoms with E-state index < -0.39 is 0 Å². The maximum Gasteiger partial charge on any atom is 0.229 e. The molecule has 1 atom stereocenters. The lowest BCUT2D eigenvalue weighted by Crippen LogP contribution is -2.33. The van der Waals surface area contributed by atoms with Crippen molar-refractivity contribution in [1.82, 2.24) is 10.3 Å². The van der Waals surface area contributed by atoms with Crippen LogP contribution in [0.1, 0.15) is 33.2 Å². The standard InChI is InChI=1S/C22H25N3OS/c1-15-9-7-8-12-19(15)20(14-24-22-25-16(2)17(3)27-22)21(26)23-13-18-10-5-4-6-11-18/h4-12,20H,13-14H2,1-3H3,(H,23,26)(H,24,25). The Morgan fingerprint density at radius 3 is 2.41 bits per heavy atom. The third-order valence-electron chi connectivity index (χ3n) is 4.68. The van der Waals surface area contributed by atoms with E-state index in [-0.39, 0.29) is 11.8 Å². The maximum absolute atomic E-state index is 13.0. The minimum atomic E-state index is -0.278. The summed E-state index contributed by atoms with van der Waals surface area (Å²) < 4.78 is 0. The molecule has 0 aliphatic heterocycles. The smallest absolute Gasteiger partial charge is 0.229 e. The topological polar surface area (TPSA) is 54.0 Å². The van der Waals surface area contributed by atoms with Crippen LogP contribution in [0.2, 0.25) is 0 Å². The van der Waals surface area contributed by atoms with Gasteiger partial charge in [-0.25, -0.2) is 4.98 Å². The van der Waals surface area contributed by atoms with Gasteiger partial charge in [0, 0.05) is 18.0 Å². The van der Waals surface area contributed by atoms with Crippen LogP contribution >= 0.6 is 11.3 Å². The van der Waals surface area contributed by atoms with Gasteiger partial charge in [0.25, 0.3) is 0 Å². The fraction of sp³-hybridized carbons (Fsp3) is 0.273. The van der Waals surface area contributed by atoms with Crippen LogP contribution in [-0.4, -0.2) is 17.4 Å². The number of nitrogens with zero attached hydrogens (tertiary/aromatic N) is 1. The van der Waals surface area contributed by atoms with E-state index in [1.165, 1.54) is 4.88 Å². The Kier molecular flexibility index (Phi) is 6.24. The summed E-state index contributed by atoms with van der Waals surface area (Å²) >= 11 is 1.62. The second-order valence-electron chi connectivity index (χ2n) is 6.65. The highest BCUT2D eigenvalue weighted by atomic mass is 32.1. The fourth-order valence-electron chi connectivity index (χ4n) is 2.97. The third kappa shape index (κ3) is 4.95. The number of anilines is 1. The Hall–Kier alpha value is -2.66. The lowest BCUT2D eigenvalue weighted by Gasteiger charge is -2.19. The van der Waals surface area contributed by atoms with Crippen molar-refractivity contribution in [3.8, 4) is 0 Å². The molecule has 0 radical (unpaired) electrons. The third-order valence-corrected chi connectivity index (χ3v) is 5.71. The molecule has 140 valence electrons. The number of thiazole rings is 1. The van der Waals surface area contributed by atoms with Crippen molar-refractivity contribution in [3.63, 3.8) is 0 Å². The van der Waals surface area contributed by atoms with Gasteiger partial charge in [-0.1, -0.05) is 54.6 Å². The second-order valence-corrected chi connectivity index (χ2v) is 7.86. The number of aryl methyl sites for hydroxylation is 3. The van der Waals surface area contributed by atoms with E-state index in [4.69, 9.17) is 0 Å². The van der Waals surface area contributed by atoms with Gasteiger partial charge in [0.1, 0.15) is 0 Å². The van der Waals surface area contributed by atoms with Crippen LogP contribution in [0.15, 0.2) is 54.6 Å². The number of nitrogens with one attached hydrogen (secondary N) is 2. The van der Waals surface area contributed by atoms with E-state index in [0.29, 0.717) is 13.1 Å². The first-order chi connectivity index (χ1) is 13.0. The molecule has 0 bridgehead atoms. The van der Waals surface area contributed by atoms with Gasteiger partial charge in [-0.3, -0.25) is 4.79 Å². The molecule has 4 nitrogen and oxygen atoms in total. The highest BCUT2D eigenvalue weighted by Gasteiger charge is 2.22. The predicted octanol–water partition coefficient (Wildman–Crippen LogP) is 4.58. The molecule has 1 unspecified atom stereocenters. The highest BCUT2D eigenvalue weighted by molar-refractivity contribution is 7.15. The summed E-state index contributed by atoms with van der Waals surface area (Å²) in [5, 5.41) is 7.30. The number of carbonyl (C=O) groups excluding carboxylic acids is 1. The Morgan fingerprint density at radius 2 is 1.74 bits per heavy atom. The first kappa shape index (κ1) is 19.1. The summed E-state index contributed by atoms with van der Waals surface area (Å²) in [4.78, 5) is 18.7. The molecular formula is C22H25N3OS. The number of rotatable bonds is 7. The van der Waals surface area contributed by atoms with Crippen LogP contribution in [0.25, 0.3) is 0 Å². The first-order valence-corrected chi connectivity index (χ1v) is 9.91. The normalized spacial score (nSPS) is 11.8. The number of carbonyl (C=O) groups is 1. The molecule has 0 saturated heterocycles. The summed E-state index contributed by atoms with van der Waals surface area (Å²) in [5.74, 6) is -0.259. The molecule has 3 aromatic rings. The fourth-order valence-corrected chi connectivity index (χ4v) is 3.79. The molecule has 3 rings (SSSR count). The Bertz CT molecular complexity index is 885. The molecule has 1 amide bonds. The monoisotopic (exact) mass is 379 g/mol. The SMILES string of the molecule is Cc1ccccc1C(CNc1nc(C)c(C)s1)C(=O)NCc1ccccc1. The van der Waals surface area contributed by atoms with E-state index in [9.17, 15) is 4.79 Å². The molecular weight excluding hydrogens is 354 g/mol. The Balaban J connectivity index is 1.74.